The van der Waals surface area contributed by atoms with Crippen molar-refractivity contribution in [1.29, 1.82) is 0 Å². The second-order valence-corrected chi connectivity index (χ2v) is 12.3. The van der Waals surface area contributed by atoms with Crippen molar-refractivity contribution >= 4 is 31.9 Å². The predicted octanol–water partition coefficient (Wildman–Crippen LogP) is 3.16. The standard InChI is InChI=1S/C26H26N2O7S2/c1-2-17-35-19-20(28-25(29)23-15-9-10-16-24(23)26(28)30)18-27(36(31,32)21-11-5-3-6-12-21)37(33,34)22-13-7-4-8-14-22/h3-16,20H,2,17-19H2,1H3. The lowest BCUT2D eigenvalue weighted by Crippen LogP contribution is -2.52. The van der Waals surface area contributed by atoms with E-state index in [0.717, 1.165) is 4.90 Å². The molecule has 0 saturated heterocycles. The fourth-order valence-corrected chi connectivity index (χ4v) is 7.79. The molecule has 11 heteroatoms. The summed E-state index contributed by atoms with van der Waals surface area (Å²) in [5, 5.41) is 0. The summed E-state index contributed by atoms with van der Waals surface area (Å²) in [5.41, 5.74) is 0.327. The first kappa shape index (κ1) is 26.7. The number of carbonyl (C=O) groups is 2. The maximum atomic E-state index is 13.7. The van der Waals surface area contributed by atoms with E-state index in [1.165, 1.54) is 60.7 Å². The average molecular weight is 543 g/mol. The Morgan fingerprint density at radius 3 is 1.59 bits per heavy atom. The zero-order valence-electron chi connectivity index (χ0n) is 20.1. The van der Waals surface area contributed by atoms with E-state index >= 15 is 0 Å². The van der Waals surface area contributed by atoms with Gasteiger partial charge in [-0.25, -0.2) is 16.8 Å². The summed E-state index contributed by atoms with van der Waals surface area (Å²) in [7, 11) is -9.25. The maximum absolute atomic E-state index is 13.7. The second-order valence-electron chi connectivity index (χ2n) is 8.35. The van der Waals surface area contributed by atoms with Gasteiger partial charge in [0.25, 0.3) is 31.9 Å². The van der Waals surface area contributed by atoms with Gasteiger partial charge in [0, 0.05) is 6.61 Å². The summed E-state index contributed by atoms with van der Waals surface area (Å²) in [5.74, 6) is -1.28. The Morgan fingerprint density at radius 1 is 0.730 bits per heavy atom. The van der Waals surface area contributed by atoms with E-state index in [1.807, 2.05) is 6.92 Å². The van der Waals surface area contributed by atoms with Crippen LogP contribution in [0.5, 0.6) is 0 Å². The Hall–Kier alpha value is -3.38. The second kappa shape index (κ2) is 10.9. The Kier molecular flexibility index (Phi) is 7.88. The van der Waals surface area contributed by atoms with Crippen molar-refractivity contribution in [3.63, 3.8) is 0 Å². The average Bonchev–Trinajstić information content (AvgIpc) is 3.16. The van der Waals surface area contributed by atoms with Gasteiger partial charge in [0.2, 0.25) is 0 Å². The number of benzene rings is 3. The lowest BCUT2D eigenvalue weighted by atomic mass is 10.1. The molecular formula is C26H26N2O7S2. The highest BCUT2D eigenvalue weighted by Gasteiger charge is 2.45. The monoisotopic (exact) mass is 542 g/mol. The molecule has 4 rings (SSSR count). The highest BCUT2D eigenvalue weighted by atomic mass is 32.3. The van der Waals surface area contributed by atoms with E-state index in [1.54, 1.807) is 24.3 Å². The molecule has 1 aliphatic rings. The minimum absolute atomic E-state index is 0.163. The molecule has 0 aliphatic carbocycles. The van der Waals surface area contributed by atoms with Crippen LogP contribution in [0.1, 0.15) is 34.1 Å². The van der Waals surface area contributed by atoms with Crippen LogP contribution in [-0.2, 0) is 24.8 Å². The van der Waals surface area contributed by atoms with Crippen LogP contribution in [0.25, 0.3) is 0 Å². The number of hydrogen-bond acceptors (Lipinski definition) is 7. The van der Waals surface area contributed by atoms with Crippen LogP contribution < -0.4 is 0 Å². The van der Waals surface area contributed by atoms with E-state index in [4.69, 9.17) is 4.74 Å². The quantitative estimate of drug-likeness (QED) is 0.270. The van der Waals surface area contributed by atoms with Gasteiger partial charge in [-0.1, -0.05) is 59.2 Å². The minimum atomic E-state index is -4.62. The molecule has 194 valence electrons. The lowest BCUT2D eigenvalue weighted by Gasteiger charge is -2.31. The summed E-state index contributed by atoms with van der Waals surface area (Å²) in [4.78, 5) is 26.9. The van der Waals surface area contributed by atoms with Crippen LogP contribution in [0.15, 0.2) is 94.7 Å². The van der Waals surface area contributed by atoms with Gasteiger partial charge in [0.15, 0.2) is 0 Å². The third-order valence-electron chi connectivity index (χ3n) is 5.83. The maximum Gasteiger partial charge on any atom is 0.261 e. The van der Waals surface area contributed by atoms with Crippen molar-refractivity contribution in [3.8, 4) is 0 Å². The van der Waals surface area contributed by atoms with Gasteiger partial charge in [0.1, 0.15) is 0 Å². The minimum Gasteiger partial charge on any atom is -0.379 e. The number of hydrogen-bond donors (Lipinski definition) is 0. The highest BCUT2D eigenvalue weighted by Crippen LogP contribution is 2.29. The molecule has 3 aromatic rings. The molecule has 1 heterocycles. The van der Waals surface area contributed by atoms with Crippen LogP contribution in [0, 0.1) is 0 Å². The molecule has 1 atom stereocenters. The fraction of sp³-hybridized carbons (Fsp3) is 0.231. The number of ether oxygens (including phenoxy) is 1. The van der Waals surface area contributed by atoms with Crippen molar-refractivity contribution in [2.24, 2.45) is 0 Å². The van der Waals surface area contributed by atoms with Crippen molar-refractivity contribution in [2.75, 3.05) is 19.8 Å². The highest BCUT2D eigenvalue weighted by molar-refractivity contribution is 8.04. The first-order chi connectivity index (χ1) is 17.7. The molecule has 9 nitrogen and oxygen atoms in total. The van der Waals surface area contributed by atoms with Crippen molar-refractivity contribution < 1.29 is 31.2 Å². The topological polar surface area (TPSA) is 118 Å². The number of carbonyl (C=O) groups excluding carboxylic acids is 2. The predicted molar refractivity (Wildman–Crippen MR) is 136 cm³/mol. The molecule has 1 aliphatic heterocycles. The number of rotatable bonds is 11. The molecule has 3 aromatic carbocycles. The van der Waals surface area contributed by atoms with Crippen molar-refractivity contribution in [2.45, 2.75) is 29.2 Å². The van der Waals surface area contributed by atoms with Crippen LogP contribution in [0.2, 0.25) is 0 Å². The molecule has 0 saturated carbocycles. The number of amides is 2. The SMILES string of the molecule is CCCOCC(CN(S(=O)(=O)c1ccccc1)S(=O)(=O)c1ccccc1)N1C(=O)c2ccccc2C1=O. The summed E-state index contributed by atoms with van der Waals surface area (Å²) >= 11 is 0. The van der Waals surface area contributed by atoms with Gasteiger partial charge < -0.3 is 4.74 Å². The Morgan fingerprint density at radius 2 is 1.16 bits per heavy atom. The molecule has 0 radical (unpaired) electrons. The smallest absolute Gasteiger partial charge is 0.261 e. The van der Waals surface area contributed by atoms with Crippen LogP contribution in [0.3, 0.4) is 0 Å². The van der Waals surface area contributed by atoms with E-state index in [-0.39, 0.29) is 34.1 Å². The first-order valence-electron chi connectivity index (χ1n) is 11.6. The van der Waals surface area contributed by atoms with E-state index in [2.05, 4.69) is 0 Å². The summed E-state index contributed by atoms with van der Waals surface area (Å²) in [6.45, 7) is 1.17. The van der Waals surface area contributed by atoms with Gasteiger partial charge in [0.05, 0.1) is 40.1 Å². The number of fused-ring (bicyclic) bond motifs is 1. The Bertz CT molecular complexity index is 1390. The molecule has 2 amide bonds. The summed E-state index contributed by atoms with van der Waals surface area (Å²) in [6, 6.07) is 19.3. The van der Waals surface area contributed by atoms with Gasteiger partial charge in [-0.2, -0.15) is 0 Å². The molecule has 0 bridgehead atoms. The van der Waals surface area contributed by atoms with Gasteiger partial charge in [-0.3, -0.25) is 14.5 Å². The molecule has 0 N–H and O–H groups in total. The Labute approximate surface area is 216 Å². The van der Waals surface area contributed by atoms with Gasteiger partial charge in [-0.05, 0) is 42.8 Å². The van der Waals surface area contributed by atoms with Crippen LogP contribution >= 0.6 is 0 Å². The zero-order valence-corrected chi connectivity index (χ0v) is 21.7. The van der Waals surface area contributed by atoms with E-state index in [0.29, 0.717) is 10.1 Å². The Balaban J connectivity index is 1.81. The molecule has 1 unspecified atom stereocenters. The van der Waals surface area contributed by atoms with Crippen molar-refractivity contribution in [1.82, 2.24) is 8.61 Å². The third kappa shape index (κ3) is 5.21. The first-order valence-corrected chi connectivity index (χ1v) is 14.5. The molecule has 0 fully saturated rings. The lowest BCUT2D eigenvalue weighted by molar-refractivity contribution is 0.0384. The number of sulfonamides is 2. The fourth-order valence-electron chi connectivity index (χ4n) is 4.03. The van der Waals surface area contributed by atoms with Crippen molar-refractivity contribution in [3.05, 3.63) is 96.1 Å². The number of nitrogens with zero attached hydrogens (tertiary/aromatic N) is 2. The zero-order chi connectivity index (χ0) is 26.6. The van der Waals surface area contributed by atoms with E-state index < -0.39 is 44.4 Å². The summed E-state index contributed by atoms with van der Waals surface area (Å²) < 4.78 is 60.9. The summed E-state index contributed by atoms with van der Waals surface area (Å²) in [6.07, 6.45) is 0.628. The largest absolute Gasteiger partial charge is 0.379 e. The van der Waals surface area contributed by atoms with Crippen LogP contribution in [-0.4, -0.2) is 63.1 Å². The molecule has 37 heavy (non-hydrogen) atoms. The van der Waals surface area contributed by atoms with E-state index in [9.17, 15) is 26.4 Å². The molecule has 0 spiro atoms. The van der Waals surface area contributed by atoms with Gasteiger partial charge >= 0.3 is 0 Å². The molecular weight excluding hydrogens is 516 g/mol. The third-order valence-corrected chi connectivity index (χ3v) is 10.1. The normalized spacial score (nSPS) is 14.7. The van der Waals surface area contributed by atoms with Crippen LogP contribution in [0.4, 0.5) is 0 Å². The molecule has 0 aromatic heterocycles. The number of imide groups is 1. The van der Waals surface area contributed by atoms with Gasteiger partial charge in [-0.15, -0.1) is 0 Å².